The van der Waals surface area contributed by atoms with Gasteiger partial charge in [0.2, 0.25) is 0 Å². The average molecular weight is 216 g/mol. The molecule has 2 N–H and O–H groups in total. The molecule has 1 amide bonds. The molecule has 4 nitrogen and oxygen atoms in total. The molecule has 1 rings (SSSR count). The van der Waals surface area contributed by atoms with Crippen LogP contribution in [-0.4, -0.2) is 5.91 Å². The molecule has 0 saturated carbocycles. The van der Waals surface area contributed by atoms with Gasteiger partial charge in [-0.3, -0.25) is 4.79 Å². The minimum Gasteiger partial charge on any atom is -0.365 e. The van der Waals surface area contributed by atoms with E-state index in [9.17, 15) is 9.18 Å². The van der Waals surface area contributed by atoms with E-state index in [-0.39, 0.29) is 17.5 Å². The number of hydrogen-bond donors (Lipinski definition) is 1. The van der Waals surface area contributed by atoms with Crippen molar-refractivity contribution in [3.63, 3.8) is 0 Å². The summed E-state index contributed by atoms with van der Waals surface area (Å²) in [6, 6.07) is 6.10. The zero-order valence-electron chi connectivity index (χ0n) is 8.20. The highest BCUT2D eigenvalue weighted by atomic mass is 19.1. The molecule has 0 fully saturated rings. The molecule has 1 aromatic rings. The number of primary amides is 1. The van der Waals surface area contributed by atoms with Crippen molar-refractivity contribution in [3.05, 3.63) is 41.1 Å². The van der Waals surface area contributed by atoms with Crippen LogP contribution < -0.4 is 5.73 Å². The quantitative estimate of drug-likeness (QED) is 0.819. The van der Waals surface area contributed by atoms with Gasteiger partial charge in [0.15, 0.2) is 0 Å². The van der Waals surface area contributed by atoms with E-state index in [1.807, 2.05) is 0 Å². The molecule has 0 bridgehead atoms. The molecule has 0 atom stereocenters. The zero-order chi connectivity index (χ0) is 12.1. The number of rotatable bonds is 3. The lowest BCUT2D eigenvalue weighted by molar-refractivity contribution is 0.0996. The number of carbonyl (C=O) groups is 1. The fourth-order valence-electron chi connectivity index (χ4n) is 1.27. The molecule has 0 saturated heterocycles. The van der Waals surface area contributed by atoms with Gasteiger partial charge in [0, 0.05) is 0 Å². The molecule has 0 aliphatic heterocycles. The average Bonchev–Trinajstić information content (AvgIpc) is 2.26. The largest absolute Gasteiger partial charge is 0.365 e. The SMILES string of the molecule is N#C[CH]Cc1ccc(C#N)c(C(N)=O)c1F. The van der Waals surface area contributed by atoms with Crippen molar-refractivity contribution in [2.45, 2.75) is 6.42 Å². The van der Waals surface area contributed by atoms with Crippen LogP contribution in [0.3, 0.4) is 0 Å². The van der Waals surface area contributed by atoms with Crippen molar-refractivity contribution in [1.82, 2.24) is 0 Å². The van der Waals surface area contributed by atoms with E-state index in [0.29, 0.717) is 0 Å². The Hall–Kier alpha value is -2.40. The molecular weight excluding hydrogens is 209 g/mol. The van der Waals surface area contributed by atoms with Gasteiger partial charge in [-0.05, 0) is 18.1 Å². The fraction of sp³-hybridized carbons (Fsp3) is 0.0909. The molecule has 0 aromatic heterocycles. The Bertz CT molecular complexity index is 511. The summed E-state index contributed by atoms with van der Waals surface area (Å²) < 4.78 is 13.7. The van der Waals surface area contributed by atoms with Crippen LogP contribution in [0.1, 0.15) is 21.5 Å². The molecule has 1 aromatic carbocycles. The second kappa shape index (κ2) is 4.90. The first-order valence-electron chi connectivity index (χ1n) is 4.34. The Kier molecular flexibility index (Phi) is 3.58. The van der Waals surface area contributed by atoms with E-state index in [0.717, 1.165) is 0 Å². The monoisotopic (exact) mass is 216 g/mol. The Labute approximate surface area is 91.7 Å². The Balaban J connectivity index is 3.29. The first-order valence-corrected chi connectivity index (χ1v) is 4.34. The van der Waals surface area contributed by atoms with Gasteiger partial charge in [-0.1, -0.05) is 6.07 Å². The third-order valence-electron chi connectivity index (χ3n) is 2.00. The summed E-state index contributed by atoms with van der Waals surface area (Å²) in [6.07, 6.45) is 1.25. The van der Waals surface area contributed by atoms with Gasteiger partial charge in [0.1, 0.15) is 11.9 Å². The van der Waals surface area contributed by atoms with Crippen LogP contribution in [0, 0.1) is 34.9 Å². The summed E-state index contributed by atoms with van der Waals surface area (Å²) in [5.74, 6) is -1.83. The van der Waals surface area contributed by atoms with Gasteiger partial charge in [0.05, 0.1) is 23.6 Å². The van der Waals surface area contributed by atoms with Crippen molar-refractivity contribution in [2.24, 2.45) is 5.73 Å². The number of benzene rings is 1. The Morgan fingerprint density at radius 1 is 1.50 bits per heavy atom. The summed E-state index contributed by atoms with van der Waals surface area (Å²) in [5, 5.41) is 17.0. The number of carbonyl (C=O) groups excluding carboxylic acids is 1. The van der Waals surface area contributed by atoms with Crippen LogP contribution >= 0.6 is 0 Å². The summed E-state index contributed by atoms with van der Waals surface area (Å²) in [5.41, 5.74) is 4.61. The predicted molar refractivity (Wildman–Crippen MR) is 53.2 cm³/mol. The molecule has 0 unspecified atom stereocenters. The van der Waals surface area contributed by atoms with E-state index in [4.69, 9.17) is 16.3 Å². The van der Waals surface area contributed by atoms with E-state index < -0.39 is 17.3 Å². The first kappa shape index (κ1) is 11.7. The third kappa shape index (κ3) is 2.15. The number of nitriles is 2. The lowest BCUT2D eigenvalue weighted by atomic mass is 10.0. The van der Waals surface area contributed by atoms with Gasteiger partial charge < -0.3 is 5.73 Å². The summed E-state index contributed by atoms with van der Waals surface area (Å²) in [4.78, 5) is 11.0. The minimum atomic E-state index is -0.993. The van der Waals surface area contributed by atoms with Gasteiger partial charge in [-0.2, -0.15) is 10.5 Å². The normalized spacial score (nSPS) is 9.19. The molecule has 16 heavy (non-hydrogen) atoms. The van der Waals surface area contributed by atoms with Crippen LogP contribution in [0.4, 0.5) is 4.39 Å². The Morgan fingerprint density at radius 2 is 2.19 bits per heavy atom. The number of amides is 1. The number of nitrogens with two attached hydrogens (primary N) is 1. The molecule has 1 radical (unpaired) electrons. The van der Waals surface area contributed by atoms with Crippen LogP contribution in [0.5, 0.6) is 0 Å². The molecular formula is C11H7FN3O. The van der Waals surface area contributed by atoms with Crippen LogP contribution in [0.2, 0.25) is 0 Å². The molecule has 0 aliphatic rings. The third-order valence-corrected chi connectivity index (χ3v) is 2.00. The molecule has 0 aliphatic carbocycles. The smallest absolute Gasteiger partial charge is 0.253 e. The number of hydrogen-bond acceptors (Lipinski definition) is 3. The summed E-state index contributed by atoms with van der Waals surface area (Å²) >= 11 is 0. The van der Waals surface area contributed by atoms with Crippen molar-refractivity contribution in [2.75, 3.05) is 0 Å². The van der Waals surface area contributed by atoms with E-state index >= 15 is 0 Å². The molecule has 5 heteroatoms. The van der Waals surface area contributed by atoms with Crippen LogP contribution in [0.15, 0.2) is 12.1 Å². The first-order chi connectivity index (χ1) is 7.61. The topological polar surface area (TPSA) is 90.7 Å². The maximum atomic E-state index is 13.7. The predicted octanol–water partition coefficient (Wildman–Crippen LogP) is 1.07. The fourth-order valence-corrected chi connectivity index (χ4v) is 1.27. The maximum absolute atomic E-state index is 13.7. The zero-order valence-corrected chi connectivity index (χ0v) is 8.20. The van der Waals surface area contributed by atoms with Gasteiger partial charge in [-0.15, -0.1) is 0 Å². The van der Waals surface area contributed by atoms with Gasteiger partial charge in [0.25, 0.3) is 5.91 Å². The van der Waals surface area contributed by atoms with Crippen molar-refractivity contribution >= 4 is 5.91 Å². The minimum absolute atomic E-state index is 0.0638. The van der Waals surface area contributed by atoms with E-state index in [1.54, 1.807) is 12.1 Å². The van der Waals surface area contributed by atoms with Gasteiger partial charge >= 0.3 is 0 Å². The highest BCUT2D eigenvalue weighted by Gasteiger charge is 2.17. The molecule has 0 heterocycles. The number of halogens is 1. The molecule has 0 spiro atoms. The lowest BCUT2D eigenvalue weighted by Gasteiger charge is -2.05. The highest BCUT2D eigenvalue weighted by Crippen LogP contribution is 2.18. The molecule has 79 valence electrons. The number of nitrogens with zero attached hydrogens (tertiary/aromatic N) is 2. The second-order valence-electron chi connectivity index (χ2n) is 2.97. The van der Waals surface area contributed by atoms with Crippen LogP contribution in [0.25, 0.3) is 0 Å². The van der Waals surface area contributed by atoms with E-state index in [1.165, 1.54) is 18.6 Å². The lowest BCUT2D eigenvalue weighted by Crippen LogP contribution is -2.16. The van der Waals surface area contributed by atoms with Gasteiger partial charge in [-0.25, -0.2) is 4.39 Å². The summed E-state index contributed by atoms with van der Waals surface area (Å²) in [6.45, 7) is 0. The van der Waals surface area contributed by atoms with Crippen LogP contribution in [-0.2, 0) is 6.42 Å². The standard InChI is InChI=1S/C11H7FN3O/c12-10-7(2-1-5-13)3-4-8(6-14)9(10)11(15)16/h1,3-4H,2H2,(H2,15,16). The Morgan fingerprint density at radius 3 is 2.69 bits per heavy atom. The van der Waals surface area contributed by atoms with E-state index in [2.05, 4.69) is 0 Å². The second-order valence-corrected chi connectivity index (χ2v) is 2.97. The highest BCUT2D eigenvalue weighted by molar-refractivity contribution is 5.95. The van der Waals surface area contributed by atoms with Crippen molar-refractivity contribution < 1.29 is 9.18 Å². The maximum Gasteiger partial charge on any atom is 0.253 e. The summed E-state index contributed by atoms with van der Waals surface area (Å²) in [7, 11) is 0. The van der Waals surface area contributed by atoms with Crippen molar-refractivity contribution in [1.29, 1.82) is 10.5 Å². The van der Waals surface area contributed by atoms with Crippen molar-refractivity contribution in [3.8, 4) is 12.1 Å².